The molecule has 0 radical (unpaired) electrons. The molecule has 1 aromatic carbocycles. The number of carboxylic acid groups (broad SMARTS) is 1. The van der Waals surface area contributed by atoms with Gasteiger partial charge in [0.1, 0.15) is 5.75 Å². The minimum atomic E-state index is -1.07. The summed E-state index contributed by atoms with van der Waals surface area (Å²) < 4.78 is 5.84. The summed E-state index contributed by atoms with van der Waals surface area (Å²) in [4.78, 5) is 22.2. The van der Waals surface area contributed by atoms with Crippen LogP contribution in [0.25, 0.3) is 0 Å². The van der Waals surface area contributed by atoms with E-state index in [1.807, 2.05) is 6.92 Å². The molecule has 0 bridgehead atoms. The lowest BCUT2D eigenvalue weighted by Gasteiger charge is -2.09. The molecule has 0 aliphatic heterocycles. The average Bonchev–Trinajstić information content (AvgIpc) is 2.26. The maximum Gasteiger partial charge on any atom is 0.341 e. The Morgan fingerprint density at radius 3 is 2.71 bits per heavy atom. The van der Waals surface area contributed by atoms with E-state index < -0.39 is 12.6 Å². The Morgan fingerprint density at radius 2 is 2.12 bits per heavy atom. The minimum absolute atomic E-state index is 0.0413. The van der Waals surface area contributed by atoms with Gasteiger partial charge < -0.3 is 9.84 Å². The summed E-state index contributed by atoms with van der Waals surface area (Å²) in [5.41, 5.74) is 0.427. The number of ether oxygens (including phenoxy) is 1. The van der Waals surface area contributed by atoms with Crippen LogP contribution in [0.15, 0.2) is 22.7 Å². The molecule has 0 spiro atoms. The summed E-state index contributed by atoms with van der Waals surface area (Å²) in [6.07, 6.45) is 1.17. The van der Waals surface area contributed by atoms with Gasteiger partial charge in [-0.3, -0.25) is 4.79 Å². The van der Waals surface area contributed by atoms with Crippen molar-refractivity contribution in [2.45, 2.75) is 19.8 Å². The van der Waals surface area contributed by atoms with E-state index >= 15 is 0 Å². The molecule has 0 aromatic heterocycles. The number of Topliss-reactive ketones (excluding diaryl/α,β-unsaturated/α-hetero) is 1. The topological polar surface area (TPSA) is 63.6 Å². The Labute approximate surface area is 108 Å². The van der Waals surface area contributed by atoms with E-state index in [1.54, 1.807) is 18.2 Å². The first-order valence-electron chi connectivity index (χ1n) is 5.22. The Hall–Kier alpha value is -1.36. The van der Waals surface area contributed by atoms with Crippen LogP contribution >= 0.6 is 15.9 Å². The third-order valence-corrected chi connectivity index (χ3v) is 2.57. The predicted molar refractivity (Wildman–Crippen MR) is 66.5 cm³/mol. The zero-order chi connectivity index (χ0) is 12.8. The highest BCUT2D eigenvalue weighted by Gasteiger charge is 2.13. The van der Waals surface area contributed by atoms with Gasteiger partial charge in [-0.05, 0) is 24.6 Å². The van der Waals surface area contributed by atoms with E-state index in [4.69, 9.17) is 9.84 Å². The van der Waals surface area contributed by atoms with E-state index in [9.17, 15) is 9.59 Å². The van der Waals surface area contributed by atoms with Gasteiger partial charge in [-0.25, -0.2) is 4.79 Å². The van der Waals surface area contributed by atoms with Gasteiger partial charge in [0.15, 0.2) is 12.4 Å². The number of hydrogen-bond acceptors (Lipinski definition) is 3. The summed E-state index contributed by atoms with van der Waals surface area (Å²) >= 11 is 3.25. The lowest BCUT2D eigenvalue weighted by atomic mass is 10.1. The number of carbonyl (C=O) groups excluding carboxylic acids is 1. The molecule has 0 fully saturated rings. The lowest BCUT2D eigenvalue weighted by molar-refractivity contribution is -0.139. The van der Waals surface area contributed by atoms with Crippen molar-refractivity contribution in [2.75, 3.05) is 6.61 Å². The van der Waals surface area contributed by atoms with Crippen LogP contribution in [0.2, 0.25) is 0 Å². The number of hydrogen-bond donors (Lipinski definition) is 1. The van der Waals surface area contributed by atoms with Crippen LogP contribution in [0.5, 0.6) is 5.75 Å². The van der Waals surface area contributed by atoms with Crippen LogP contribution in [0, 0.1) is 0 Å². The van der Waals surface area contributed by atoms with Crippen LogP contribution in [0.1, 0.15) is 30.1 Å². The Bertz CT molecular complexity index is 429. The Balaban J connectivity index is 2.94. The van der Waals surface area contributed by atoms with Gasteiger partial charge in [0, 0.05) is 10.9 Å². The minimum Gasteiger partial charge on any atom is -0.481 e. The van der Waals surface area contributed by atoms with Crippen LogP contribution in [0.4, 0.5) is 0 Å². The van der Waals surface area contributed by atoms with Crippen LogP contribution < -0.4 is 4.74 Å². The Morgan fingerprint density at radius 1 is 1.41 bits per heavy atom. The smallest absolute Gasteiger partial charge is 0.341 e. The van der Waals surface area contributed by atoms with Gasteiger partial charge in [-0.1, -0.05) is 22.9 Å². The van der Waals surface area contributed by atoms with Crippen molar-refractivity contribution in [3.8, 4) is 5.75 Å². The number of aliphatic carboxylic acids is 1. The fourth-order valence-corrected chi connectivity index (χ4v) is 1.69. The van der Waals surface area contributed by atoms with Crippen molar-refractivity contribution in [3.05, 3.63) is 28.2 Å². The molecule has 0 saturated heterocycles. The first-order chi connectivity index (χ1) is 8.04. The van der Waals surface area contributed by atoms with Crippen molar-refractivity contribution in [3.63, 3.8) is 0 Å². The van der Waals surface area contributed by atoms with Gasteiger partial charge in [-0.15, -0.1) is 0 Å². The number of ketones is 1. The third kappa shape index (κ3) is 4.19. The van der Waals surface area contributed by atoms with Crippen molar-refractivity contribution in [2.24, 2.45) is 0 Å². The SMILES string of the molecule is CCCC(=O)c1ccc(Br)cc1OCC(=O)O. The molecule has 0 heterocycles. The molecule has 17 heavy (non-hydrogen) atoms. The number of rotatable bonds is 6. The van der Waals surface area contributed by atoms with Gasteiger partial charge in [0.05, 0.1) is 5.56 Å². The van der Waals surface area contributed by atoms with Crippen molar-refractivity contribution >= 4 is 27.7 Å². The first-order valence-corrected chi connectivity index (χ1v) is 6.01. The molecule has 0 amide bonds. The maximum absolute atomic E-state index is 11.8. The molecule has 0 unspecified atom stereocenters. The van der Waals surface area contributed by atoms with Gasteiger partial charge in [0.25, 0.3) is 0 Å². The van der Waals surface area contributed by atoms with Crippen molar-refractivity contribution in [1.29, 1.82) is 0 Å². The Kier molecular flexibility index (Phi) is 5.15. The number of benzene rings is 1. The van der Waals surface area contributed by atoms with Gasteiger partial charge in [0.2, 0.25) is 0 Å². The van der Waals surface area contributed by atoms with E-state index in [0.717, 1.165) is 10.9 Å². The van der Waals surface area contributed by atoms with E-state index in [-0.39, 0.29) is 5.78 Å². The lowest BCUT2D eigenvalue weighted by Crippen LogP contribution is -2.12. The second kappa shape index (κ2) is 6.39. The molecule has 4 nitrogen and oxygen atoms in total. The van der Waals surface area contributed by atoms with Crippen molar-refractivity contribution in [1.82, 2.24) is 0 Å². The van der Waals surface area contributed by atoms with E-state index in [2.05, 4.69) is 15.9 Å². The molecular formula is C12H13BrO4. The fourth-order valence-electron chi connectivity index (χ4n) is 1.35. The summed E-state index contributed by atoms with van der Waals surface area (Å²) in [6.45, 7) is 1.46. The second-order valence-electron chi connectivity index (χ2n) is 3.50. The molecule has 1 N–H and O–H groups in total. The highest BCUT2D eigenvalue weighted by Crippen LogP contribution is 2.25. The summed E-state index contributed by atoms with van der Waals surface area (Å²) in [7, 11) is 0. The van der Waals surface area contributed by atoms with E-state index in [0.29, 0.717) is 17.7 Å². The normalized spacial score (nSPS) is 10.0. The quantitative estimate of drug-likeness (QED) is 0.821. The third-order valence-electron chi connectivity index (χ3n) is 2.07. The average molecular weight is 301 g/mol. The number of halogens is 1. The summed E-state index contributed by atoms with van der Waals surface area (Å²) in [5.74, 6) is -0.806. The van der Waals surface area contributed by atoms with E-state index in [1.165, 1.54) is 0 Å². The van der Waals surface area contributed by atoms with Crippen LogP contribution in [0.3, 0.4) is 0 Å². The zero-order valence-electron chi connectivity index (χ0n) is 9.40. The molecule has 0 aliphatic carbocycles. The first kappa shape index (κ1) is 13.7. The molecule has 1 aromatic rings. The molecule has 92 valence electrons. The highest BCUT2D eigenvalue weighted by atomic mass is 79.9. The molecular weight excluding hydrogens is 288 g/mol. The summed E-state index contributed by atoms with van der Waals surface area (Å²) in [6, 6.07) is 4.97. The number of carbonyl (C=O) groups is 2. The summed E-state index contributed by atoms with van der Waals surface area (Å²) in [5, 5.41) is 8.56. The van der Waals surface area contributed by atoms with Crippen molar-refractivity contribution < 1.29 is 19.4 Å². The molecule has 0 atom stereocenters. The van der Waals surface area contributed by atoms with Crippen LogP contribution in [-0.4, -0.2) is 23.5 Å². The van der Waals surface area contributed by atoms with Gasteiger partial charge >= 0.3 is 5.97 Å². The standard InChI is InChI=1S/C12H13BrO4/c1-2-3-10(14)9-5-4-8(13)6-11(9)17-7-12(15)16/h4-6H,2-3,7H2,1H3,(H,15,16). The highest BCUT2D eigenvalue weighted by molar-refractivity contribution is 9.10. The zero-order valence-corrected chi connectivity index (χ0v) is 11.0. The molecule has 1 rings (SSSR count). The van der Waals surface area contributed by atoms with Gasteiger partial charge in [-0.2, -0.15) is 0 Å². The second-order valence-corrected chi connectivity index (χ2v) is 4.41. The predicted octanol–water partition coefficient (Wildman–Crippen LogP) is 2.90. The molecule has 0 saturated carbocycles. The largest absolute Gasteiger partial charge is 0.481 e. The monoisotopic (exact) mass is 300 g/mol. The number of carboxylic acids is 1. The van der Waals surface area contributed by atoms with Crippen LogP contribution in [-0.2, 0) is 4.79 Å². The fraction of sp³-hybridized carbons (Fsp3) is 0.333. The molecule has 0 aliphatic rings. The molecule has 5 heteroatoms. The maximum atomic E-state index is 11.8.